The molecule has 0 aromatic heterocycles. The van der Waals surface area contributed by atoms with Crippen LogP contribution in [0.5, 0.6) is 0 Å². The molecule has 0 aliphatic heterocycles. The summed E-state index contributed by atoms with van der Waals surface area (Å²) in [5, 5.41) is 2.74. The van der Waals surface area contributed by atoms with E-state index < -0.39 is 0 Å². The van der Waals surface area contributed by atoms with Gasteiger partial charge in [0.05, 0.1) is 5.75 Å². The van der Waals surface area contributed by atoms with Crippen molar-refractivity contribution < 1.29 is 14.3 Å². The zero-order valence-electron chi connectivity index (χ0n) is 13.1. The summed E-state index contributed by atoms with van der Waals surface area (Å²) in [6, 6.07) is 8.19. The molecule has 1 amide bonds. The van der Waals surface area contributed by atoms with Crippen LogP contribution in [0.25, 0.3) is 0 Å². The zero-order chi connectivity index (χ0) is 15.9. The van der Waals surface area contributed by atoms with E-state index in [-0.39, 0.29) is 29.8 Å². The van der Waals surface area contributed by atoms with Gasteiger partial charge < -0.3 is 10.1 Å². The second-order valence-electron chi connectivity index (χ2n) is 5.94. The molecule has 4 nitrogen and oxygen atoms in total. The van der Waals surface area contributed by atoms with Crippen LogP contribution in [-0.4, -0.2) is 29.8 Å². The Kier molecular flexibility index (Phi) is 6.75. The van der Waals surface area contributed by atoms with Gasteiger partial charge in [0.1, 0.15) is 0 Å². The molecule has 116 valence electrons. The lowest BCUT2D eigenvalue weighted by Gasteiger charge is -2.20. The first kappa shape index (κ1) is 17.6. The average Bonchev–Trinajstić information content (AvgIpc) is 2.37. The zero-order valence-corrected chi connectivity index (χ0v) is 13.9. The van der Waals surface area contributed by atoms with Gasteiger partial charge in [0.2, 0.25) is 0 Å². The molecule has 0 radical (unpaired) electrons. The third-order valence-corrected chi connectivity index (χ3v) is 3.47. The molecule has 0 aliphatic carbocycles. The van der Waals surface area contributed by atoms with Crippen LogP contribution in [0.2, 0.25) is 0 Å². The van der Waals surface area contributed by atoms with Gasteiger partial charge in [-0.25, -0.2) is 0 Å². The number of aryl methyl sites for hydroxylation is 1. The van der Waals surface area contributed by atoms with Gasteiger partial charge in [0.25, 0.3) is 5.91 Å². The Balaban J connectivity index is 2.19. The van der Waals surface area contributed by atoms with Gasteiger partial charge in [-0.1, -0.05) is 29.8 Å². The van der Waals surface area contributed by atoms with Crippen molar-refractivity contribution in [3.8, 4) is 0 Å². The molecule has 0 unspecified atom stereocenters. The third-order valence-electron chi connectivity index (χ3n) is 2.49. The van der Waals surface area contributed by atoms with Gasteiger partial charge in [-0.2, -0.15) is 0 Å². The number of rotatable bonds is 6. The van der Waals surface area contributed by atoms with E-state index in [9.17, 15) is 9.59 Å². The number of amides is 1. The molecular weight excluding hydrogens is 286 g/mol. The quantitative estimate of drug-likeness (QED) is 0.821. The van der Waals surface area contributed by atoms with Crippen LogP contribution >= 0.6 is 11.8 Å². The van der Waals surface area contributed by atoms with E-state index in [1.54, 1.807) is 0 Å². The van der Waals surface area contributed by atoms with Gasteiger partial charge >= 0.3 is 5.97 Å². The molecule has 1 aromatic rings. The van der Waals surface area contributed by atoms with Crippen molar-refractivity contribution in [2.45, 2.75) is 39.0 Å². The van der Waals surface area contributed by atoms with Crippen LogP contribution in [0.1, 0.15) is 31.9 Å². The SMILES string of the molecule is Cc1ccc(CSCC(=O)OCC(=O)NC(C)(C)C)cc1. The number of hydrogen-bond donors (Lipinski definition) is 1. The predicted octanol–water partition coefficient (Wildman–Crippen LogP) is 2.69. The first-order valence-corrected chi connectivity index (χ1v) is 8.02. The molecular formula is C16H23NO3S. The molecule has 21 heavy (non-hydrogen) atoms. The Labute approximate surface area is 130 Å². The van der Waals surface area contributed by atoms with E-state index in [0.29, 0.717) is 0 Å². The van der Waals surface area contributed by atoms with Gasteiger partial charge in [-0.3, -0.25) is 9.59 Å². The van der Waals surface area contributed by atoms with Crippen LogP contribution in [0, 0.1) is 6.92 Å². The molecule has 1 rings (SSSR count). The van der Waals surface area contributed by atoms with E-state index in [0.717, 1.165) is 5.75 Å². The summed E-state index contributed by atoms with van der Waals surface area (Å²) in [6.07, 6.45) is 0. The highest BCUT2D eigenvalue weighted by Crippen LogP contribution is 2.13. The number of hydrogen-bond acceptors (Lipinski definition) is 4. The smallest absolute Gasteiger partial charge is 0.316 e. The lowest BCUT2D eigenvalue weighted by Crippen LogP contribution is -2.42. The van der Waals surface area contributed by atoms with Crippen molar-refractivity contribution in [3.63, 3.8) is 0 Å². The van der Waals surface area contributed by atoms with Gasteiger partial charge in [0.15, 0.2) is 6.61 Å². The van der Waals surface area contributed by atoms with E-state index in [1.165, 1.54) is 22.9 Å². The molecule has 0 atom stereocenters. The number of benzene rings is 1. The van der Waals surface area contributed by atoms with Crippen molar-refractivity contribution in [1.82, 2.24) is 5.32 Å². The maximum atomic E-state index is 11.5. The first-order chi connectivity index (χ1) is 9.76. The Morgan fingerprint density at radius 3 is 2.38 bits per heavy atom. The lowest BCUT2D eigenvalue weighted by atomic mass is 10.1. The standard InChI is InChI=1S/C16H23NO3S/c1-12-5-7-13(8-6-12)10-21-11-15(19)20-9-14(18)17-16(2,3)4/h5-8H,9-11H2,1-4H3,(H,17,18). The van der Waals surface area contributed by atoms with Gasteiger partial charge in [-0.05, 0) is 33.3 Å². The minimum atomic E-state index is -0.365. The molecule has 0 fully saturated rings. The van der Waals surface area contributed by atoms with Crippen molar-refractivity contribution in [2.75, 3.05) is 12.4 Å². The highest BCUT2D eigenvalue weighted by atomic mass is 32.2. The minimum absolute atomic E-state index is 0.221. The van der Waals surface area contributed by atoms with Crippen molar-refractivity contribution in [3.05, 3.63) is 35.4 Å². The number of esters is 1. The molecule has 0 saturated carbocycles. The van der Waals surface area contributed by atoms with E-state index >= 15 is 0 Å². The highest BCUT2D eigenvalue weighted by Gasteiger charge is 2.15. The number of carbonyl (C=O) groups is 2. The fourth-order valence-electron chi connectivity index (χ4n) is 1.58. The summed E-state index contributed by atoms with van der Waals surface area (Å²) >= 11 is 1.48. The fraction of sp³-hybridized carbons (Fsp3) is 0.500. The van der Waals surface area contributed by atoms with E-state index in [2.05, 4.69) is 5.32 Å². The molecule has 0 heterocycles. The Bertz CT molecular complexity index is 477. The molecule has 0 bridgehead atoms. The predicted molar refractivity (Wildman–Crippen MR) is 86.2 cm³/mol. The summed E-state index contributed by atoms with van der Waals surface area (Å²) < 4.78 is 4.93. The molecule has 0 saturated heterocycles. The maximum absolute atomic E-state index is 11.5. The number of ether oxygens (including phenoxy) is 1. The van der Waals surface area contributed by atoms with Crippen molar-refractivity contribution in [1.29, 1.82) is 0 Å². The number of carbonyl (C=O) groups excluding carboxylic acids is 2. The van der Waals surface area contributed by atoms with Gasteiger partial charge in [-0.15, -0.1) is 11.8 Å². The molecule has 0 spiro atoms. The maximum Gasteiger partial charge on any atom is 0.316 e. The van der Waals surface area contributed by atoms with Crippen LogP contribution < -0.4 is 5.32 Å². The van der Waals surface area contributed by atoms with Crippen molar-refractivity contribution >= 4 is 23.6 Å². The first-order valence-electron chi connectivity index (χ1n) is 6.86. The summed E-state index contributed by atoms with van der Waals surface area (Å²) in [6.45, 7) is 7.45. The minimum Gasteiger partial charge on any atom is -0.455 e. The molecule has 1 N–H and O–H groups in total. The largest absolute Gasteiger partial charge is 0.455 e. The van der Waals surface area contributed by atoms with E-state index in [4.69, 9.17) is 4.74 Å². The van der Waals surface area contributed by atoms with Crippen LogP contribution in [0.4, 0.5) is 0 Å². The molecule has 1 aromatic carbocycles. The normalized spacial score (nSPS) is 11.0. The summed E-state index contributed by atoms with van der Waals surface area (Å²) in [7, 11) is 0. The van der Waals surface area contributed by atoms with Gasteiger partial charge in [0, 0.05) is 11.3 Å². The highest BCUT2D eigenvalue weighted by molar-refractivity contribution is 7.99. The summed E-state index contributed by atoms with van der Waals surface area (Å²) in [4.78, 5) is 23.0. The second kappa shape index (κ2) is 8.08. The monoisotopic (exact) mass is 309 g/mol. The fourth-order valence-corrected chi connectivity index (χ4v) is 2.36. The third kappa shape index (κ3) is 8.40. The number of thioether (sulfide) groups is 1. The molecule has 5 heteroatoms. The lowest BCUT2D eigenvalue weighted by molar-refractivity contribution is -0.146. The average molecular weight is 309 g/mol. The van der Waals surface area contributed by atoms with Crippen LogP contribution in [0.15, 0.2) is 24.3 Å². The van der Waals surface area contributed by atoms with Crippen molar-refractivity contribution in [2.24, 2.45) is 0 Å². The van der Waals surface area contributed by atoms with E-state index in [1.807, 2.05) is 52.0 Å². The topological polar surface area (TPSA) is 55.4 Å². The van der Waals surface area contributed by atoms with Crippen LogP contribution in [-0.2, 0) is 20.1 Å². The Morgan fingerprint density at radius 2 is 1.81 bits per heavy atom. The Morgan fingerprint density at radius 1 is 1.19 bits per heavy atom. The molecule has 0 aliphatic rings. The second-order valence-corrected chi connectivity index (χ2v) is 6.92. The summed E-state index contributed by atoms with van der Waals surface area (Å²) in [5.74, 6) is 0.357. The number of nitrogens with one attached hydrogen (secondary N) is 1. The van der Waals surface area contributed by atoms with Crippen LogP contribution in [0.3, 0.4) is 0 Å². The summed E-state index contributed by atoms with van der Waals surface area (Å²) in [5.41, 5.74) is 2.07. The Hall–Kier alpha value is -1.49.